The topological polar surface area (TPSA) is 147 Å². The van der Waals surface area contributed by atoms with Crippen LogP contribution >= 0.6 is 11.8 Å². The van der Waals surface area contributed by atoms with Crippen molar-refractivity contribution in [2.75, 3.05) is 10.6 Å². The van der Waals surface area contributed by atoms with Crippen LogP contribution in [0, 0.1) is 0 Å². The summed E-state index contributed by atoms with van der Waals surface area (Å²) in [5.74, 6) is -1.32. The van der Waals surface area contributed by atoms with Crippen LogP contribution in [0.4, 0.5) is 11.4 Å². The normalized spacial score (nSPS) is 12.0. The first-order chi connectivity index (χ1) is 25.6. The maximum absolute atomic E-state index is 13.8. The smallest absolute Gasteiger partial charge is 0.272 e. The summed E-state index contributed by atoms with van der Waals surface area (Å²) in [6.07, 6.45) is 1.62. The fourth-order valence-corrected chi connectivity index (χ4v) is 6.93. The van der Waals surface area contributed by atoms with Crippen molar-refractivity contribution in [3.63, 3.8) is 0 Å². The van der Waals surface area contributed by atoms with Crippen molar-refractivity contribution in [2.24, 2.45) is 5.14 Å². The molecule has 0 aliphatic carbocycles. The van der Waals surface area contributed by atoms with Gasteiger partial charge in [0.2, 0.25) is 15.9 Å². The summed E-state index contributed by atoms with van der Waals surface area (Å²) in [7, 11) is -3.88. The lowest BCUT2D eigenvalue weighted by molar-refractivity contribution is -0.116. The zero-order chi connectivity index (χ0) is 37.2. The number of primary sulfonamides is 1. The lowest BCUT2D eigenvalue weighted by Gasteiger charge is -2.18. The number of hydrogen-bond acceptors (Lipinski definition) is 6. The molecule has 0 saturated heterocycles. The van der Waals surface area contributed by atoms with E-state index in [1.165, 1.54) is 36.0 Å². The van der Waals surface area contributed by atoms with E-state index in [2.05, 4.69) is 16.0 Å². The minimum Gasteiger partial charge on any atom is -0.325 e. The molecule has 6 aromatic rings. The predicted molar refractivity (Wildman–Crippen MR) is 210 cm³/mol. The third kappa shape index (κ3) is 9.95. The van der Waals surface area contributed by atoms with Crippen molar-refractivity contribution in [1.29, 1.82) is 0 Å². The van der Waals surface area contributed by atoms with Gasteiger partial charge in [0.25, 0.3) is 11.8 Å². The van der Waals surface area contributed by atoms with Gasteiger partial charge in [0, 0.05) is 21.8 Å². The summed E-state index contributed by atoms with van der Waals surface area (Å²) in [6.45, 7) is 0. The van der Waals surface area contributed by atoms with Crippen molar-refractivity contribution in [1.82, 2.24) is 5.32 Å². The first-order valence-corrected chi connectivity index (χ1v) is 18.9. The van der Waals surface area contributed by atoms with Gasteiger partial charge in [-0.15, -0.1) is 11.8 Å². The molecule has 0 aliphatic heterocycles. The Morgan fingerprint density at radius 1 is 0.623 bits per heavy atom. The van der Waals surface area contributed by atoms with Crippen LogP contribution in [-0.4, -0.2) is 26.1 Å². The molecule has 1 unspecified atom stereocenters. The van der Waals surface area contributed by atoms with Crippen molar-refractivity contribution in [3.8, 4) is 11.1 Å². The zero-order valence-electron chi connectivity index (χ0n) is 28.2. The molecule has 5 N–H and O–H groups in total. The Labute approximate surface area is 312 Å². The molecule has 0 bridgehead atoms. The Hall–Kier alpha value is -6.27. The van der Waals surface area contributed by atoms with Gasteiger partial charge in [-0.05, 0) is 82.9 Å². The summed E-state index contributed by atoms with van der Waals surface area (Å²) in [5.41, 5.74) is 4.80. The Morgan fingerprint density at radius 3 is 1.87 bits per heavy atom. The minimum atomic E-state index is -3.88. The lowest BCUT2D eigenvalue weighted by Crippen LogP contribution is -2.30. The van der Waals surface area contributed by atoms with Gasteiger partial charge < -0.3 is 16.0 Å². The molecule has 6 aromatic carbocycles. The van der Waals surface area contributed by atoms with E-state index in [1.807, 2.05) is 91.0 Å². The molecule has 0 fully saturated rings. The van der Waals surface area contributed by atoms with Crippen molar-refractivity contribution in [3.05, 3.63) is 186 Å². The third-order valence-corrected chi connectivity index (χ3v) is 10.2. The first kappa shape index (κ1) is 36.5. The quantitative estimate of drug-likeness (QED) is 0.0742. The minimum absolute atomic E-state index is 0.0411. The zero-order valence-corrected chi connectivity index (χ0v) is 29.8. The van der Waals surface area contributed by atoms with Gasteiger partial charge in [-0.1, -0.05) is 109 Å². The number of nitrogens with one attached hydrogen (secondary N) is 3. The molecular weight excluding hydrogens is 705 g/mol. The van der Waals surface area contributed by atoms with E-state index in [4.69, 9.17) is 5.14 Å². The van der Waals surface area contributed by atoms with Crippen LogP contribution in [0.3, 0.4) is 0 Å². The Bertz CT molecular complexity index is 2350. The summed E-state index contributed by atoms with van der Waals surface area (Å²) >= 11 is 1.27. The van der Waals surface area contributed by atoms with E-state index in [9.17, 15) is 22.8 Å². The molecule has 0 spiro atoms. The molecule has 0 saturated carbocycles. The van der Waals surface area contributed by atoms with Crippen LogP contribution in [0.15, 0.2) is 179 Å². The third-order valence-electron chi connectivity index (χ3n) is 7.99. The highest BCUT2D eigenvalue weighted by Gasteiger charge is 2.23. The predicted octanol–water partition coefficient (Wildman–Crippen LogP) is 7.88. The lowest BCUT2D eigenvalue weighted by atomic mass is 10.0. The second kappa shape index (κ2) is 16.8. The van der Waals surface area contributed by atoms with E-state index in [0.717, 1.165) is 16.7 Å². The fraction of sp³-hybridized carbons (Fsp3) is 0.0238. The monoisotopic (exact) mass is 738 g/mol. The molecule has 6 rings (SSSR count). The maximum Gasteiger partial charge on any atom is 0.272 e. The summed E-state index contributed by atoms with van der Waals surface area (Å²) in [6, 6.07) is 48.1. The van der Waals surface area contributed by atoms with E-state index in [-0.39, 0.29) is 16.5 Å². The molecule has 9 nitrogen and oxygen atoms in total. The number of carbonyl (C=O) groups excluding carboxylic acids is 3. The summed E-state index contributed by atoms with van der Waals surface area (Å²) < 4.78 is 23.4. The van der Waals surface area contributed by atoms with Crippen molar-refractivity contribution in [2.45, 2.75) is 15.0 Å². The van der Waals surface area contributed by atoms with Crippen LogP contribution in [0.1, 0.15) is 26.7 Å². The highest BCUT2D eigenvalue weighted by atomic mass is 32.2. The van der Waals surface area contributed by atoms with Crippen molar-refractivity contribution < 1.29 is 22.8 Å². The average molecular weight is 739 g/mol. The Balaban J connectivity index is 1.23. The molecule has 0 aromatic heterocycles. The number of anilines is 2. The van der Waals surface area contributed by atoms with Crippen molar-refractivity contribution >= 4 is 57.0 Å². The molecular formula is C42H34N4O5S2. The number of carbonyl (C=O) groups is 3. The van der Waals surface area contributed by atoms with Gasteiger partial charge in [-0.2, -0.15) is 0 Å². The van der Waals surface area contributed by atoms with Crippen LogP contribution in [0.25, 0.3) is 17.2 Å². The Kier molecular flexibility index (Phi) is 11.6. The van der Waals surface area contributed by atoms with Gasteiger partial charge >= 0.3 is 0 Å². The maximum atomic E-state index is 13.8. The average Bonchev–Trinajstić information content (AvgIpc) is 3.18. The van der Waals surface area contributed by atoms with Crippen LogP contribution in [0.2, 0.25) is 0 Å². The molecule has 11 heteroatoms. The molecule has 0 heterocycles. The number of hydrogen-bond donors (Lipinski definition) is 4. The summed E-state index contributed by atoms with van der Waals surface area (Å²) in [5, 5.41) is 13.0. The van der Waals surface area contributed by atoms with Gasteiger partial charge in [-0.3, -0.25) is 14.4 Å². The number of benzene rings is 6. The molecule has 3 amide bonds. The number of nitrogens with two attached hydrogens (primary N) is 1. The van der Waals surface area contributed by atoms with E-state index in [0.29, 0.717) is 27.4 Å². The molecule has 53 heavy (non-hydrogen) atoms. The number of sulfonamides is 1. The highest BCUT2D eigenvalue weighted by Crippen LogP contribution is 2.37. The molecule has 0 aliphatic rings. The molecule has 1 atom stereocenters. The largest absolute Gasteiger partial charge is 0.325 e. The van der Waals surface area contributed by atoms with E-state index in [1.54, 1.807) is 54.6 Å². The second-order valence-electron chi connectivity index (χ2n) is 11.8. The summed E-state index contributed by atoms with van der Waals surface area (Å²) in [4.78, 5) is 41.3. The van der Waals surface area contributed by atoms with E-state index >= 15 is 0 Å². The first-order valence-electron chi connectivity index (χ1n) is 16.4. The number of amides is 3. The van der Waals surface area contributed by atoms with Crippen LogP contribution in [-0.2, 0) is 19.6 Å². The van der Waals surface area contributed by atoms with Gasteiger partial charge in [-0.25, -0.2) is 13.6 Å². The van der Waals surface area contributed by atoms with Gasteiger partial charge in [0.1, 0.15) is 10.9 Å². The standard InChI is InChI=1S/C42H34N4O5S2/c43-53(50,51)37-25-23-34(24-26-37)44-42(49)39(32-13-6-2-7-14-32)52-36-18-10-17-35(28-36)45-41(48)38(46-40(47)33-15-8-3-9-16-33)27-29-19-21-31(22-20-29)30-11-4-1-5-12-30/h1-28,39H,(H,44,49)(H,45,48)(H,46,47)(H2,43,50,51)/b38-27+. The number of rotatable bonds is 12. The fourth-order valence-electron chi connectivity index (χ4n) is 5.33. The second-order valence-corrected chi connectivity index (χ2v) is 14.6. The van der Waals surface area contributed by atoms with Gasteiger partial charge in [0.15, 0.2) is 0 Å². The number of thioether (sulfide) groups is 1. The van der Waals surface area contributed by atoms with Gasteiger partial charge in [0.05, 0.1) is 4.90 Å². The highest BCUT2D eigenvalue weighted by molar-refractivity contribution is 8.00. The Morgan fingerprint density at radius 2 is 1.23 bits per heavy atom. The molecule has 264 valence electrons. The van der Waals surface area contributed by atoms with Crippen LogP contribution < -0.4 is 21.1 Å². The van der Waals surface area contributed by atoms with E-state index < -0.39 is 27.1 Å². The van der Waals surface area contributed by atoms with Crippen LogP contribution in [0.5, 0.6) is 0 Å². The SMILES string of the molecule is NS(=O)(=O)c1ccc(NC(=O)C(Sc2cccc(NC(=O)/C(=C\c3ccc(-c4ccccc4)cc3)NC(=O)c3ccccc3)c2)c2ccccc2)cc1. The molecule has 0 radical (unpaired) electrons.